The molecule has 1 aromatic carbocycles. The topological polar surface area (TPSA) is 52.6 Å². The highest BCUT2D eigenvalue weighted by Gasteiger charge is 2.52. The summed E-state index contributed by atoms with van der Waals surface area (Å²) in [6.45, 7) is 11.0. The Hall–Kier alpha value is -1.08. The Morgan fingerprint density at radius 3 is 2.19 bits per heavy atom. The third kappa shape index (κ3) is 4.80. The van der Waals surface area contributed by atoms with Gasteiger partial charge in [-0.25, -0.2) is 0 Å². The lowest BCUT2D eigenvalue weighted by molar-refractivity contribution is -0.109. The summed E-state index contributed by atoms with van der Waals surface area (Å²) in [6.07, 6.45) is 1.91. The summed E-state index contributed by atoms with van der Waals surface area (Å²) in [7, 11) is -0.543. The standard InChI is InChI=1S/C19H24BClO4S/c1-12(22)16-8-7-14(10-17(16)21)9-15(11-26-13(2)23)20-24-18(3,4)19(5,6)25-20/h7-10H,11H2,1-6H3. The van der Waals surface area contributed by atoms with Gasteiger partial charge in [0.1, 0.15) is 0 Å². The SMILES string of the molecule is CC(=O)SCC(=Cc1ccc(C(C)=O)c(Cl)c1)B1OC(C)(C)C(C)(C)O1. The minimum absolute atomic E-state index is 0.0253. The molecule has 1 aliphatic heterocycles. The van der Waals surface area contributed by atoms with E-state index in [4.69, 9.17) is 20.9 Å². The van der Waals surface area contributed by atoms with E-state index in [0.29, 0.717) is 16.3 Å². The molecule has 7 heteroatoms. The Morgan fingerprint density at radius 1 is 1.15 bits per heavy atom. The van der Waals surface area contributed by atoms with Crippen molar-refractivity contribution in [3.05, 3.63) is 39.8 Å². The van der Waals surface area contributed by atoms with E-state index in [1.54, 1.807) is 12.1 Å². The molecule has 0 unspecified atom stereocenters. The normalized spacial score (nSPS) is 18.9. The number of halogens is 1. The van der Waals surface area contributed by atoms with Gasteiger partial charge >= 0.3 is 7.12 Å². The van der Waals surface area contributed by atoms with E-state index in [1.807, 2.05) is 39.8 Å². The van der Waals surface area contributed by atoms with Crippen LogP contribution in [0.15, 0.2) is 23.7 Å². The number of Topliss-reactive ketones (excluding diaryl/α,β-unsaturated/α-hetero) is 1. The molecule has 1 aliphatic rings. The Morgan fingerprint density at radius 2 is 1.73 bits per heavy atom. The molecule has 1 heterocycles. The molecule has 1 fully saturated rings. The number of hydrogen-bond acceptors (Lipinski definition) is 5. The number of carbonyl (C=O) groups excluding carboxylic acids is 2. The van der Waals surface area contributed by atoms with Crippen LogP contribution in [0.3, 0.4) is 0 Å². The lowest BCUT2D eigenvalue weighted by atomic mass is 9.78. The van der Waals surface area contributed by atoms with Crippen molar-refractivity contribution < 1.29 is 18.9 Å². The van der Waals surface area contributed by atoms with Gasteiger partial charge in [0.15, 0.2) is 10.9 Å². The molecule has 140 valence electrons. The molecular weight excluding hydrogens is 371 g/mol. The molecule has 1 saturated heterocycles. The first-order chi connectivity index (χ1) is 11.9. The summed E-state index contributed by atoms with van der Waals surface area (Å²) < 4.78 is 12.2. The minimum Gasteiger partial charge on any atom is -0.400 e. The van der Waals surface area contributed by atoms with E-state index in [0.717, 1.165) is 11.0 Å². The summed E-state index contributed by atoms with van der Waals surface area (Å²) in [5, 5.41) is 0.427. The summed E-state index contributed by atoms with van der Waals surface area (Å²) in [5.41, 5.74) is 1.23. The molecule has 0 spiro atoms. The number of hydrogen-bond donors (Lipinski definition) is 0. The molecule has 0 atom stereocenters. The molecule has 0 radical (unpaired) electrons. The highest BCUT2D eigenvalue weighted by molar-refractivity contribution is 8.13. The van der Waals surface area contributed by atoms with Gasteiger partial charge in [-0.2, -0.15) is 0 Å². The Kier molecular flexibility index (Phi) is 6.44. The maximum absolute atomic E-state index is 11.5. The first kappa shape index (κ1) is 21.2. The van der Waals surface area contributed by atoms with Crippen LogP contribution < -0.4 is 0 Å². The van der Waals surface area contributed by atoms with Crippen molar-refractivity contribution in [3.8, 4) is 0 Å². The van der Waals surface area contributed by atoms with Gasteiger partial charge in [-0.15, -0.1) is 0 Å². The Balaban J connectivity index is 2.36. The molecule has 2 rings (SSSR count). The van der Waals surface area contributed by atoms with Gasteiger partial charge < -0.3 is 9.31 Å². The molecule has 4 nitrogen and oxygen atoms in total. The molecule has 0 N–H and O–H groups in total. The van der Waals surface area contributed by atoms with Gasteiger partial charge in [-0.1, -0.05) is 35.5 Å². The third-order valence-corrected chi connectivity index (χ3v) is 5.92. The number of carbonyl (C=O) groups is 2. The van der Waals surface area contributed by atoms with Crippen LogP contribution in [0, 0.1) is 0 Å². The van der Waals surface area contributed by atoms with Gasteiger partial charge in [0, 0.05) is 18.2 Å². The van der Waals surface area contributed by atoms with E-state index in [-0.39, 0.29) is 10.9 Å². The van der Waals surface area contributed by atoms with Crippen LogP contribution in [-0.2, 0) is 14.1 Å². The number of benzene rings is 1. The highest BCUT2D eigenvalue weighted by atomic mass is 35.5. The summed E-state index contributed by atoms with van der Waals surface area (Å²) in [4.78, 5) is 23.0. The zero-order chi connectivity index (χ0) is 19.7. The van der Waals surface area contributed by atoms with Crippen molar-refractivity contribution in [2.45, 2.75) is 52.7 Å². The molecule has 26 heavy (non-hydrogen) atoms. The van der Waals surface area contributed by atoms with E-state index < -0.39 is 18.3 Å². The zero-order valence-electron chi connectivity index (χ0n) is 16.0. The van der Waals surface area contributed by atoms with Crippen LogP contribution in [-0.4, -0.2) is 35.0 Å². The van der Waals surface area contributed by atoms with Crippen LogP contribution >= 0.6 is 23.4 Å². The largest absolute Gasteiger partial charge is 0.491 e. The number of thioether (sulfide) groups is 1. The fourth-order valence-electron chi connectivity index (χ4n) is 2.48. The maximum atomic E-state index is 11.5. The maximum Gasteiger partial charge on any atom is 0.491 e. The molecule has 0 bridgehead atoms. The van der Waals surface area contributed by atoms with Gasteiger partial charge in [0.2, 0.25) is 0 Å². The lowest BCUT2D eigenvalue weighted by Crippen LogP contribution is -2.41. The fourth-order valence-corrected chi connectivity index (χ4v) is 3.39. The van der Waals surface area contributed by atoms with Gasteiger partial charge in [-0.3, -0.25) is 9.59 Å². The van der Waals surface area contributed by atoms with Crippen LogP contribution in [0.5, 0.6) is 0 Å². The van der Waals surface area contributed by atoms with Crippen LogP contribution in [0.4, 0.5) is 0 Å². The first-order valence-electron chi connectivity index (χ1n) is 8.43. The predicted octanol–water partition coefficient (Wildman–Crippen LogP) is 4.84. The zero-order valence-corrected chi connectivity index (χ0v) is 17.6. The van der Waals surface area contributed by atoms with Gasteiger partial charge in [0.25, 0.3) is 0 Å². The second-order valence-electron chi connectivity index (χ2n) is 7.38. The molecule has 0 aromatic heterocycles. The molecule has 0 aliphatic carbocycles. The highest BCUT2D eigenvalue weighted by Crippen LogP contribution is 2.39. The second-order valence-corrected chi connectivity index (χ2v) is 8.94. The average Bonchev–Trinajstić information content (AvgIpc) is 2.71. The van der Waals surface area contributed by atoms with E-state index in [2.05, 4.69) is 0 Å². The Bertz CT molecular complexity index is 742. The lowest BCUT2D eigenvalue weighted by Gasteiger charge is -2.32. The second kappa shape index (κ2) is 7.89. The van der Waals surface area contributed by atoms with Crippen LogP contribution in [0.2, 0.25) is 5.02 Å². The van der Waals surface area contributed by atoms with Crippen molar-refractivity contribution in [3.63, 3.8) is 0 Å². The number of rotatable bonds is 5. The predicted molar refractivity (Wildman–Crippen MR) is 109 cm³/mol. The quantitative estimate of drug-likeness (QED) is 0.528. The van der Waals surface area contributed by atoms with E-state index in [9.17, 15) is 9.59 Å². The molecule has 0 amide bonds. The van der Waals surface area contributed by atoms with Crippen molar-refractivity contribution in [2.75, 3.05) is 5.75 Å². The average molecular weight is 395 g/mol. The van der Waals surface area contributed by atoms with Crippen LogP contribution in [0.1, 0.15) is 57.5 Å². The molecular formula is C19H24BClO4S. The fraction of sp³-hybridized carbons (Fsp3) is 0.474. The monoisotopic (exact) mass is 394 g/mol. The van der Waals surface area contributed by atoms with Crippen molar-refractivity contribution in [1.29, 1.82) is 0 Å². The smallest absolute Gasteiger partial charge is 0.400 e. The van der Waals surface area contributed by atoms with E-state index in [1.165, 1.54) is 25.6 Å². The van der Waals surface area contributed by atoms with Gasteiger partial charge in [-0.05, 0) is 57.8 Å². The van der Waals surface area contributed by atoms with Crippen molar-refractivity contribution in [1.82, 2.24) is 0 Å². The number of ketones is 1. The van der Waals surface area contributed by atoms with Crippen LogP contribution in [0.25, 0.3) is 6.08 Å². The summed E-state index contributed by atoms with van der Waals surface area (Å²) >= 11 is 7.42. The first-order valence-corrected chi connectivity index (χ1v) is 9.79. The Labute approximate surface area is 164 Å². The summed E-state index contributed by atoms with van der Waals surface area (Å²) in [6, 6.07) is 5.27. The van der Waals surface area contributed by atoms with E-state index >= 15 is 0 Å². The summed E-state index contributed by atoms with van der Waals surface area (Å²) in [5.74, 6) is 0.377. The minimum atomic E-state index is -0.543. The molecule has 0 saturated carbocycles. The third-order valence-electron chi connectivity index (χ3n) is 4.72. The molecule has 1 aromatic rings. The van der Waals surface area contributed by atoms with Gasteiger partial charge in [0.05, 0.1) is 16.2 Å². The van der Waals surface area contributed by atoms with Crippen molar-refractivity contribution >= 4 is 47.5 Å². The van der Waals surface area contributed by atoms with Crippen molar-refractivity contribution in [2.24, 2.45) is 0 Å².